The minimum atomic E-state index is -0.298. The molecule has 2 aromatic carbocycles. The van der Waals surface area contributed by atoms with Gasteiger partial charge in [-0.25, -0.2) is 0 Å². The number of hydrogen-bond acceptors (Lipinski definition) is 4. The van der Waals surface area contributed by atoms with E-state index in [1.54, 1.807) is 7.11 Å². The lowest BCUT2D eigenvalue weighted by Crippen LogP contribution is -2.40. The van der Waals surface area contributed by atoms with E-state index in [1.165, 1.54) is 11.1 Å². The van der Waals surface area contributed by atoms with Crippen molar-refractivity contribution in [2.45, 2.75) is 57.9 Å². The van der Waals surface area contributed by atoms with Crippen LogP contribution in [0.4, 0.5) is 0 Å². The molecule has 1 aliphatic heterocycles. The minimum absolute atomic E-state index is 0.189. The van der Waals surface area contributed by atoms with Crippen LogP contribution >= 0.6 is 0 Å². The van der Waals surface area contributed by atoms with E-state index in [0.717, 1.165) is 71.2 Å². The van der Waals surface area contributed by atoms with Gasteiger partial charge in [0.05, 0.1) is 6.61 Å². The van der Waals surface area contributed by atoms with Crippen LogP contribution in [0.15, 0.2) is 77.3 Å². The predicted octanol–water partition coefficient (Wildman–Crippen LogP) is 6.06. The average molecular weight is 495 g/mol. The minimum Gasteiger partial charge on any atom is -0.383 e. The van der Waals surface area contributed by atoms with E-state index in [9.17, 15) is 9.59 Å². The molecule has 0 saturated carbocycles. The van der Waals surface area contributed by atoms with Gasteiger partial charge in [0.1, 0.15) is 0 Å². The summed E-state index contributed by atoms with van der Waals surface area (Å²) in [6.07, 6.45) is 6.76. The molecule has 190 valence electrons. The van der Waals surface area contributed by atoms with Crippen LogP contribution in [0, 0.1) is 6.92 Å². The summed E-state index contributed by atoms with van der Waals surface area (Å²) in [6, 6.07) is 17.1. The lowest BCUT2D eigenvalue weighted by molar-refractivity contribution is -0.117. The van der Waals surface area contributed by atoms with Crippen molar-refractivity contribution in [2.75, 3.05) is 20.3 Å². The number of hydrogen-bond donors (Lipinski definition) is 0. The van der Waals surface area contributed by atoms with E-state index in [-0.39, 0.29) is 17.5 Å². The number of carbonyl (C=O) groups excluding carboxylic acids is 2. The number of benzene rings is 2. The van der Waals surface area contributed by atoms with Crippen molar-refractivity contribution < 1.29 is 14.3 Å². The van der Waals surface area contributed by atoms with Crippen molar-refractivity contribution >= 4 is 22.5 Å². The molecular formula is C32H34N2O3. The summed E-state index contributed by atoms with van der Waals surface area (Å²) < 4.78 is 7.72. The van der Waals surface area contributed by atoms with E-state index < -0.39 is 0 Å². The van der Waals surface area contributed by atoms with Gasteiger partial charge in [-0.3, -0.25) is 9.59 Å². The number of nitrogens with zero attached hydrogens (tertiary/aromatic N) is 2. The van der Waals surface area contributed by atoms with E-state index in [2.05, 4.69) is 71.1 Å². The first-order valence-electron chi connectivity index (χ1n) is 13.5. The van der Waals surface area contributed by atoms with Gasteiger partial charge in [0, 0.05) is 78.6 Å². The average Bonchev–Trinajstić information content (AvgIpc) is 3.26. The molecule has 0 amide bonds. The highest BCUT2D eigenvalue weighted by Gasteiger charge is 2.44. The van der Waals surface area contributed by atoms with E-state index in [1.807, 2.05) is 0 Å². The van der Waals surface area contributed by atoms with E-state index >= 15 is 0 Å². The fourth-order valence-electron chi connectivity index (χ4n) is 6.51. The Balaban J connectivity index is 1.55. The number of rotatable bonds is 6. The van der Waals surface area contributed by atoms with Crippen molar-refractivity contribution in [1.29, 1.82) is 0 Å². The van der Waals surface area contributed by atoms with Crippen LogP contribution < -0.4 is 0 Å². The molecule has 2 heterocycles. The van der Waals surface area contributed by atoms with Gasteiger partial charge in [-0.15, -0.1) is 0 Å². The highest BCUT2D eigenvalue weighted by Crippen LogP contribution is 2.50. The largest absolute Gasteiger partial charge is 0.383 e. The quantitative estimate of drug-likeness (QED) is 0.418. The fraction of sp³-hybridized carbons (Fsp3) is 0.375. The molecule has 0 fully saturated rings. The highest BCUT2D eigenvalue weighted by molar-refractivity contribution is 6.07. The SMILES string of the molecule is COCCN1C2=C(C(=O)CCC2)C(c2cn(Cc3ccc(C)cc3)c3ccccc23)C2=C1CCCC2=O. The first kappa shape index (κ1) is 23.9. The molecule has 0 unspecified atom stereocenters. The van der Waals surface area contributed by atoms with Gasteiger partial charge < -0.3 is 14.2 Å². The lowest BCUT2D eigenvalue weighted by Gasteiger charge is -2.43. The van der Waals surface area contributed by atoms with Gasteiger partial charge in [-0.1, -0.05) is 48.0 Å². The van der Waals surface area contributed by atoms with Crippen molar-refractivity contribution in [2.24, 2.45) is 0 Å². The second-order valence-electron chi connectivity index (χ2n) is 10.6. The molecule has 0 bridgehead atoms. The molecule has 5 nitrogen and oxygen atoms in total. The van der Waals surface area contributed by atoms with Gasteiger partial charge in [0.2, 0.25) is 0 Å². The smallest absolute Gasteiger partial charge is 0.161 e. The number of aryl methyl sites for hydroxylation is 1. The topological polar surface area (TPSA) is 51.5 Å². The predicted molar refractivity (Wildman–Crippen MR) is 145 cm³/mol. The molecule has 5 heteroatoms. The highest BCUT2D eigenvalue weighted by atomic mass is 16.5. The summed E-state index contributed by atoms with van der Waals surface area (Å²) in [6.45, 7) is 4.09. The molecule has 3 aromatic rings. The van der Waals surface area contributed by atoms with Crippen LogP contribution in [-0.4, -0.2) is 41.3 Å². The number of ketones is 2. The number of fused-ring (bicyclic) bond motifs is 1. The third-order valence-corrected chi connectivity index (χ3v) is 8.21. The Morgan fingerprint density at radius 3 is 2.16 bits per heavy atom. The standard InChI is InChI=1S/C32H34N2O3/c1-21-13-15-22(16-14-21)19-33-20-24(23-7-3-4-8-25(23)33)30-31-26(9-5-11-28(31)35)34(17-18-37-2)27-10-6-12-29(36)32(27)30/h3-4,7-8,13-16,20,30H,5-6,9-12,17-19H2,1-2H3. The van der Waals surface area contributed by atoms with Gasteiger partial charge in [-0.2, -0.15) is 0 Å². The lowest BCUT2D eigenvalue weighted by atomic mass is 9.71. The monoisotopic (exact) mass is 494 g/mol. The number of aromatic nitrogens is 1. The van der Waals surface area contributed by atoms with Crippen LogP contribution in [0.25, 0.3) is 10.9 Å². The van der Waals surface area contributed by atoms with Crippen molar-refractivity contribution in [3.8, 4) is 0 Å². The van der Waals surface area contributed by atoms with Crippen LogP contribution in [0.3, 0.4) is 0 Å². The molecule has 0 N–H and O–H groups in total. The molecule has 6 rings (SSSR count). The van der Waals surface area contributed by atoms with Crippen LogP contribution in [-0.2, 0) is 20.9 Å². The zero-order chi connectivity index (χ0) is 25.5. The maximum absolute atomic E-state index is 13.6. The fourth-order valence-corrected chi connectivity index (χ4v) is 6.51. The normalized spacial score (nSPS) is 18.6. The number of Topliss-reactive ketones (excluding diaryl/α,β-unsaturated/α-hetero) is 2. The summed E-state index contributed by atoms with van der Waals surface area (Å²) in [5, 5.41) is 1.13. The molecule has 1 aromatic heterocycles. The van der Waals surface area contributed by atoms with Crippen molar-refractivity contribution in [3.63, 3.8) is 0 Å². The number of para-hydroxylation sites is 1. The molecule has 37 heavy (non-hydrogen) atoms. The van der Waals surface area contributed by atoms with Crippen LogP contribution in [0.2, 0.25) is 0 Å². The molecule has 0 saturated heterocycles. The number of allylic oxidation sites excluding steroid dienone is 4. The molecule has 2 aliphatic carbocycles. The summed E-state index contributed by atoms with van der Waals surface area (Å²) >= 11 is 0. The number of methoxy groups -OCH3 is 1. The van der Waals surface area contributed by atoms with Crippen LogP contribution in [0.1, 0.15) is 61.1 Å². The summed E-state index contributed by atoms with van der Waals surface area (Å²) in [5.74, 6) is 0.0801. The third-order valence-electron chi connectivity index (χ3n) is 8.21. The maximum atomic E-state index is 13.6. The molecule has 0 spiro atoms. The number of ether oxygens (including phenoxy) is 1. The second kappa shape index (κ2) is 9.79. The third kappa shape index (κ3) is 4.15. The van der Waals surface area contributed by atoms with Gasteiger partial charge in [-0.05, 0) is 49.8 Å². The Morgan fingerprint density at radius 1 is 0.865 bits per heavy atom. The van der Waals surface area contributed by atoms with Gasteiger partial charge >= 0.3 is 0 Å². The Labute approximate surface area is 218 Å². The summed E-state index contributed by atoms with van der Waals surface area (Å²) in [5.41, 5.74) is 8.60. The maximum Gasteiger partial charge on any atom is 0.161 e. The first-order chi connectivity index (χ1) is 18.1. The molecule has 0 atom stereocenters. The zero-order valence-corrected chi connectivity index (χ0v) is 21.8. The Morgan fingerprint density at radius 2 is 1.51 bits per heavy atom. The van der Waals surface area contributed by atoms with Crippen LogP contribution in [0.5, 0.6) is 0 Å². The van der Waals surface area contributed by atoms with Crippen molar-refractivity contribution in [3.05, 3.63) is 94.0 Å². The van der Waals surface area contributed by atoms with Gasteiger partial charge in [0.25, 0.3) is 0 Å². The van der Waals surface area contributed by atoms with E-state index in [4.69, 9.17) is 4.74 Å². The number of carbonyl (C=O) groups is 2. The first-order valence-corrected chi connectivity index (χ1v) is 13.5. The second-order valence-corrected chi connectivity index (χ2v) is 10.6. The Bertz CT molecular complexity index is 1400. The molecular weight excluding hydrogens is 460 g/mol. The Kier molecular flexibility index (Phi) is 6.33. The molecule has 3 aliphatic rings. The zero-order valence-electron chi connectivity index (χ0n) is 21.8. The van der Waals surface area contributed by atoms with E-state index in [0.29, 0.717) is 26.0 Å². The van der Waals surface area contributed by atoms with Gasteiger partial charge in [0.15, 0.2) is 11.6 Å². The van der Waals surface area contributed by atoms with Crippen molar-refractivity contribution in [1.82, 2.24) is 9.47 Å². The molecule has 0 radical (unpaired) electrons. The summed E-state index contributed by atoms with van der Waals surface area (Å²) in [4.78, 5) is 29.5. The Hall–Kier alpha value is -3.44. The summed E-state index contributed by atoms with van der Waals surface area (Å²) in [7, 11) is 1.71.